The molecule has 1 heterocycles. The molecule has 2 aromatic rings. The van der Waals surface area contributed by atoms with E-state index in [1.807, 2.05) is 48.5 Å². The average Bonchev–Trinajstić information content (AvgIpc) is 2.70. The second kappa shape index (κ2) is 4.27. The maximum absolute atomic E-state index is 6.09. The third-order valence-corrected chi connectivity index (χ3v) is 3.13. The fourth-order valence-electron chi connectivity index (χ4n) is 1.94. The van der Waals surface area contributed by atoms with Gasteiger partial charge in [-0.1, -0.05) is 35.9 Å². The van der Waals surface area contributed by atoms with E-state index >= 15 is 0 Å². The van der Waals surface area contributed by atoms with Crippen LogP contribution in [-0.4, -0.2) is 11.7 Å². The largest absolute Gasteiger partial charge is 0.318 e. The first-order valence-corrected chi connectivity index (χ1v) is 5.96. The van der Waals surface area contributed by atoms with Crippen molar-refractivity contribution in [3.63, 3.8) is 0 Å². The summed E-state index contributed by atoms with van der Waals surface area (Å²) in [7, 11) is 0. The van der Waals surface area contributed by atoms with E-state index in [0.717, 1.165) is 22.6 Å². The minimum absolute atomic E-state index is 0.620. The van der Waals surface area contributed by atoms with E-state index in [4.69, 9.17) is 17.3 Å². The van der Waals surface area contributed by atoms with E-state index < -0.39 is 0 Å². The molecule has 0 fully saturated rings. The summed E-state index contributed by atoms with van der Waals surface area (Å²) in [5, 5.41) is 0.620. The van der Waals surface area contributed by atoms with Gasteiger partial charge in [-0.3, -0.25) is 0 Å². The number of nitrogens with one attached hydrogen (secondary N) is 1. The Morgan fingerprint density at radius 3 is 2.39 bits per heavy atom. The molecule has 3 N–H and O–H groups in total. The first-order chi connectivity index (χ1) is 8.75. The highest BCUT2D eigenvalue weighted by Crippen LogP contribution is 2.24. The van der Waals surface area contributed by atoms with E-state index in [1.54, 1.807) is 0 Å². The Kier molecular flexibility index (Phi) is 2.61. The maximum Gasteiger partial charge on any atom is 0.269 e. The second-order valence-electron chi connectivity index (χ2n) is 4.00. The monoisotopic (exact) mass is 256 g/mol. The Morgan fingerprint density at radius 1 is 0.944 bits per heavy atom. The summed E-state index contributed by atoms with van der Waals surface area (Å²) >= 11 is 6.09. The molecule has 0 aromatic heterocycles. The molecule has 4 heteroatoms. The highest BCUT2D eigenvalue weighted by Gasteiger charge is 2.24. The van der Waals surface area contributed by atoms with Crippen LogP contribution in [0.4, 0.5) is 5.69 Å². The molecule has 1 aliphatic rings. The van der Waals surface area contributed by atoms with Crippen LogP contribution < -0.4 is 10.7 Å². The lowest BCUT2D eigenvalue weighted by Crippen LogP contribution is -2.76. The van der Waals surface area contributed by atoms with Crippen molar-refractivity contribution >= 4 is 29.0 Å². The fourth-order valence-corrected chi connectivity index (χ4v) is 2.12. The quantitative estimate of drug-likeness (QED) is 0.792. The second-order valence-corrected chi connectivity index (χ2v) is 4.40. The zero-order chi connectivity index (χ0) is 12.5. The number of aliphatic imine (C=N–C) groups is 1. The molecule has 3 nitrogen and oxygen atoms in total. The van der Waals surface area contributed by atoms with E-state index in [0.29, 0.717) is 10.9 Å². The van der Waals surface area contributed by atoms with E-state index in [1.165, 1.54) is 0 Å². The van der Waals surface area contributed by atoms with Crippen LogP contribution in [0.25, 0.3) is 0 Å². The Balaban J connectivity index is 2.13. The van der Waals surface area contributed by atoms with Gasteiger partial charge in [0.2, 0.25) is 5.84 Å². The molecule has 1 aliphatic heterocycles. The summed E-state index contributed by atoms with van der Waals surface area (Å²) in [6, 6.07) is 15.3. The molecule has 3 rings (SSSR count). The number of amidine groups is 2. The van der Waals surface area contributed by atoms with Crippen LogP contribution in [0.5, 0.6) is 0 Å². The van der Waals surface area contributed by atoms with Gasteiger partial charge in [0.15, 0.2) is 5.69 Å². The van der Waals surface area contributed by atoms with Crippen LogP contribution in [0, 0.1) is 0 Å². The predicted octanol–water partition coefficient (Wildman–Crippen LogP) is 1.22. The normalized spacial score (nSPS) is 15.6. The van der Waals surface area contributed by atoms with Crippen molar-refractivity contribution in [1.82, 2.24) is 0 Å². The van der Waals surface area contributed by atoms with E-state index in [-0.39, 0.29) is 0 Å². The van der Waals surface area contributed by atoms with Crippen molar-refractivity contribution in [2.75, 3.05) is 0 Å². The van der Waals surface area contributed by atoms with Crippen LogP contribution in [0.15, 0.2) is 53.5 Å². The number of halogens is 1. The number of nitrogen functional groups attached to an aromatic ring is 1. The maximum atomic E-state index is 6.09. The van der Waals surface area contributed by atoms with Gasteiger partial charge in [0.05, 0.1) is 16.1 Å². The Hall–Kier alpha value is -2.13. The third kappa shape index (κ3) is 1.79. The topological polar surface area (TPSA) is 52.4 Å². The van der Waals surface area contributed by atoms with Crippen molar-refractivity contribution in [2.45, 2.75) is 0 Å². The van der Waals surface area contributed by atoms with Crippen molar-refractivity contribution in [3.05, 3.63) is 64.7 Å². The lowest BCUT2D eigenvalue weighted by Gasteiger charge is -1.95. The molecular weight excluding hydrogens is 246 g/mol. The average molecular weight is 257 g/mol. The summed E-state index contributed by atoms with van der Waals surface area (Å²) in [4.78, 5) is 7.60. The van der Waals surface area contributed by atoms with Crippen molar-refractivity contribution in [2.24, 2.45) is 10.7 Å². The molecule has 0 atom stereocenters. The number of rotatable bonds is 1. The van der Waals surface area contributed by atoms with Gasteiger partial charge in [-0.2, -0.15) is 0 Å². The molecule has 0 radical (unpaired) electrons. The van der Waals surface area contributed by atoms with Gasteiger partial charge in [0, 0.05) is 0 Å². The standard InChI is InChI=1S/C14H10ClN3/c15-11-7-3-4-8-12(11)17-14-10-6-2-1-5-9(10)13(16)18-14/h1-8H,(H2,16,17,18)/p+1. The summed E-state index contributed by atoms with van der Waals surface area (Å²) in [5.41, 5.74) is 8.62. The molecule has 0 saturated carbocycles. The summed E-state index contributed by atoms with van der Waals surface area (Å²) in [6.07, 6.45) is 0. The van der Waals surface area contributed by atoms with Crippen molar-refractivity contribution in [3.8, 4) is 0 Å². The van der Waals surface area contributed by atoms with Crippen molar-refractivity contribution < 1.29 is 4.99 Å². The number of hydrogen-bond donors (Lipinski definition) is 2. The highest BCUT2D eigenvalue weighted by molar-refractivity contribution is 6.33. The fraction of sp³-hybridized carbons (Fsp3) is 0. The summed E-state index contributed by atoms with van der Waals surface area (Å²) in [5.74, 6) is 1.35. The molecule has 18 heavy (non-hydrogen) atoms. The molecule has 88 valence electrons. The van der Waals surface area contributed by atoms with Gasteiger partial charge >= 0.3 is 0 Å². The Labute approximate surface area is 110 Å². The van der Waals surface area contributed by atoms with Crippen LogP contribution in [0.1, 0.15) is 11.1 Å². The molecular formula is C14H11ClN3+. The molecule has 0 amide bonds. The Morgan fingerprint density at radius 2 is 1.61 bits per heavy atom. The predicted molar refractivity (Wildman–Crippen MR) is 73.4 cm³/mol. The van der Waals surface area contributed by atoms with Gasteiger partial charge in [-0.15, -0.1) is 4.99 Å². The zero-order valence-electron chi connectivity index (χ0n) is 9.52. The molecule has 0 bridgehead atoms. The third-order valence-electron chi connectivity index (χ3n) is 2.81. The van der Waals surface area contributed by atoms with Gasteiger partial charge in [0.1, 0.15) is 0 Å². The van der Waals surface area contributed by atoms with Crippen LogP contribution in [0.3, 0.4) is 0 Å². The first-order valence-electron chi connectivity index (χ1n) is 5.58. The van der Waals surface area contributed by atoms with Crippen LogP contribution in [0.2, 0.25) is 5.02 Å². The Bertz CT molecular complexity index is 674. The van der Waals surface area contributed by atoms with E-state index in [2.05, 4.69) is 9.98 Å². The zero-order valence-corrected chi connectivity index (χ0v) is 10.3. The summed E-state index contributed by atoms with van der Waals surface area (Å²) in [6.45, 7) is 0. The van der Waals surface area contributed by atoms with Gasteiger partial charge < -0.3 is 5.73 Å². The van der Waals surface area contributed by atoms with Gasteiger partial charge in [-0.25, -0.2) is 4.99 Å². The number of fused-ring (bicyclic) bond motifs is 1. The van der Waals surface area contributed by atoms with E-state index in [9.17, 15) is 0 Å². The highest BCUT2D eigenvalue weighted by atomic mass is 35.5. The number of nitrogens with two attached hydrogens (primary N) is 1. The molecule has 0 aliphatic carbocycles. The number of nitrogens with zero attached hydrogens (tertiary/aromatic N) is 1. The van der Waals surface area contributed by atoms with Crippen LogP contribution in [-0.2, 0) is 0 Å². The number of hydrogen-bond acceptors (Lipinski definition) is 2. The smallest absolute Gasteiger partial charge is 0.269 e. The van der Waals surface area contributed by atoms with Crippen molar-refractivity contribution in [1.29, 1.82) is 0 Å². The van der Waals surface area contributed by atoms with Crippen LogP contribution >= 0.6 is 11.6 Å². The van der Waals surface area contributed by atoms with Gasteiger partial charge in [-0.05, 0) is 24.3 Å². The minimum Gasteiger partial charge on any atom is -0.318 e. The number of para-hydroxylation sites is 1. The lowest BCUT2D eigenvalue weighted by molar-refractivity contribution is -0.311. The molecule has 2 aromatic carbocycles. The molecule has 0 saturated heterocycles. The summed E-state index contributed by atoms with van der Waals surface area (Å²) < 4.78 is 0. The molecule has 0 unspecified atom stereocenters. The first kappa shape index (κ1) is 11.0. The molecule has 0 spiro atoms. The number of benzene rings is 2. The van der Waals surface area contributed by atoms with Gasteiger partial charge in [0.25, 0.3) is 5.84 Å². The minimum atomic E-state index is 0.620. The lowest BCUT2D eigenvalue weighted by atomic mass is 10.1. The SMILES string of the molecule is NC1=[NH+]C(=Nc2ccccc2Cl)c2ccccc21.